The smallest absolute Gasteiger partial charge is 0.326 e. The number of benzene rings is 1. The van der Waals surface area contributed by atoms with E-state index in [1.54, 1.807) is 6.08 Å². The molecule has 0 aliphatic carbocycles. The van der Waals surface area contributed by atoms with E-state index in [9.17, 15) is 14.7 Å². The van der Waals surface area contributed by atoms with Crippen molar-refractivity contribution in [1.82, 2.24) is 4.90 Å². The molecule has 1 fully saturated rings. The van der Waals surface area contributed by atoms with Gasteiger partial charge in [-0.25, -0.2) is 4.79 Å². The van der Waals surface area contributed by atoms with Gasteiger partial charge < -0.3 is 9.84 Å². The molecule has 0 saturated carbocycles. The van der Waals surface area contributed by atoms with E-state index in [1.165, 1.54) is 37.0 Å². The Hall–Kier alpha value is -1.86. The molecule has 1 aliphatic rings. The number of amides is 1. The first-order valence-electron chi connectivity index (χ1n) is 10.7. The minimum absolute atomic E-state index is 0.297. The molecule has 1 amide bonds. The second-order valence-electron chi connectivity index (χ2n) is 7.38. The first-order chi connectivity index (χ1) is 14.5. The van der Waals surface area contributed by atoms with E-state index in [4.69, 9.17) is 17.0 Å². The number of hydrogen-bond donors (Lipinski definition) is 1. The maximum Gasteiger partial charge on any atom is 0.326 e. The summed E-state index contributed by atoms with van der Waals surface area (Å²) >= 11 is 6.43. The van der Waals surface area contributed by atoms with Crippen LogP contribution in [0.2, 0.25) is 0 Å². The highest BCUT2D eigenvalue weighted by molar-refractivity contribution is 8.26. The Labute approximate surface area is 188 Å². The summed E-state index contributed by atoms with van der Waals surface area (Å²) < 4.78 is 6.09. The molecule has 1 unspecified atom stereocenters. The number of thioether (sulfide) groups is 1. The summed E-state index contributed by atoms with van der Waals surface area (Å²) in [6, 6.07) is 6.65. The van der Waals surface area contributed by atoms with Gasteiger partial charge in [-0.05, 0) is 36.6 Å². The lowest BCUT2D eigenvalue weighted by atomic mass is 10.1. The molecule has 1 aliphatic heterocycles. The monoisotopic (exact) mass is 449 g/mol. The largest absolute Gasteiger partial charge is 0.494 e. The van der Waals surface area contributed by atoms with Crippen molar-refractivity contribution in [1.29, 1.82) is 0 Å². The van der Waals surface area contributed by atoms with Crippen LogP contribution in [0.5, 0.6) is 5.75 Å². The highest BCUT2D eigenvalue weighted by atomic mass is 32.2. The van der Waals surface area contributed by atoms with Gasteiger partial charge in [0.1, 0.15) is 16.1 Å². The van der Waals surface area contributed by atoms with E-state index < -0.39 is 12.0 Å². The van der Waals surface area contributed by atoms with Crippen molar-refractivity contribution < 1.29 is 19.4 Å². The summed E-state index contributed by atoms with van der Waals surface area (Å²) in [7, 11) is 0. The molecule has 1 aromatic carbocycles. The predicted molar refractivity (Wildman–Crippen MR) is 127 cm³/mol. The number of unbranched alkanes of at least 4 members (excludes halogenated alkanes) is 5. The Bertz CT molecular complexity index is 761. The van der Waals surface area contributed by atoms with E-state index in [0.29, 0.717) is 28.7 Å². The van der Waals surface area contributed by atoms with E-state index in [0.717, 1.165) is 29.5 Å². The van der Waals surface area contributed by atoms with Crippen LogP contribution in [0.3, 0.4) is 0 Å². The molecule has 1 aromatic rings. The van der Waals surface area contributed by atoms with Gasteiger partial charge in [0.2, 0.25) is 0 Å². The Morgan fingerprint density at radius 1 is 1.13 bits per heavy atom. The number of carbonyl (C=O) groups excluding carboxylic acids is 1. The molecule has 1 saturated heterocycles. The average Bonchev–Trinajstić information content (AvgIpc) is 2.99. The number of ether oxygens (including phenoxy) is 1. The van der Waals surface area contributed by atoms with Crippen LogP contribution in [-0.4, -0.2) is 38.9 Å². The van der Waals surface area contributed by atoms with Crippen LogP contribution in [0.25, 0.3) is 6.08 Å². The summed E-state index contributed by atoms with van der Waals surface area (Å²) in [5.74, 6) is -0.558. The Morgan fingerprint density at radius 2 is 1.80 bits per heavy atom. The van der Waals surface area contributed by atoms with Gasteiger partial charge in [0.25, 0.3) is 5.91 Å². The molecule has 0 bridgehead atoms. The van der Waals surface area contributed by atoms with Crippen LogP contribution in [0.4, 0.5) is 0 Å². The van der Waals surface area contributed by atoms with E-state index in [-0.39, 0.29) is 5.91 Å². The normalized spacial score (nSPS) is 16.3. The molecular formula is C23H31NO4S2. The van der Waals surface area contributed by atoms with Gasteiger partial charge in [0.15, 0.2) is 0 Å². The number of thiocarbonyl (C=S) groups is 1. The van der Waals surface area contributed by atoms with Crippen LogP contribution in [0.15, 0.2) is 29.2 Å². The highest BCUT2D eigenvalue weighted by Gasteiger charge is 2.39. The van der Waals surface area contributed by atoms with Gasteiger partial charge in [-0.2, -0.15) is 0 Å². The second-order valence-corrected chi connectivity index (χ2v) is 9.06. The quantitative estimate of drug-likeness (QED) is 0.230. The van der Waals surface area contributed by atoms with Crippen LogP contribution in [0, 0.1) is 0 Å². The number of rotatable bonds is 13. The van der Waals surface area contributed by atoms with Gasteiger partial charge in [-0.15, -0.1) is 0 Å². The second kappa shape index (κ2) is 12.7. The van der Waals surface area contributed by atoms with Crippen molar-refractivity contribution in [3.8, 4) is 5.75 Å². The zero-order valence-electron chi connectivity index (χ0n) is 17.8. The number of carboxylic acid groups (broad SMARTS) is 1. The zero-order valence-corrected chi connectivity index (χ0v) is 19.4. The first kappa shape index (κ1) is 24.4. The van der Waals surface area contributed by atoms with Crippen molar-refractivity contribution in [2.24, 2.45) is 0 Å². The minimum atomic E-state index is -1.03. The van der Waals surface area contributed by atoms with Gasteiger partial charge in [0.05, 0.1) is 11.5 Å². The van der Waals surface area contributed by atoms with Gasteiger partial charge in [-0.1, -0.05) is 88.5 Å². The van der Waals surface area contributed by atoms with Crippen LogP contribution in [-0.2, 0) is 9.59 Å². The summed E-state index contributed by atoms with van der Waals surface area (Å²) in [6.07, 6.45) is 10.1. The van der Waals surface area contributed by atoms with Gasteiger partial charge >= 0.3 is 5.97 Å². The molecule has 0 spiro atoms. The number of carboxylic acids is 1. The van der Waals surface area contributed by atoms with E-state index in [2.05, 4.69) is 6.92 Å². The summed E-state index contributed by atoms with van der Waals surface area (Å²) in [5, 5.41) is 9.45. The van der Waals surface area contributed by atoms with Crippen molar-refractivity contribution in [3.63, 3.8) is 0 Å². The molecule has 1 N–H and O–H groups in total. The fraction of sp³-hybridized carbons (Fsp3) is 0.522. The maximum absolute atomic E-state index is 12.7. The molecule has 30 heavy (non-hydrogen) atoms. The predicted octanol–water partition coefficient (Wildman–Crippen LogP) is 5.88. The molecule has 164 valence electrons. The highest BCUT2D eigenvalue weighted by Crippen LogP contribution is 2.35. The fourth-order valence-corrected chi connectivity index (χ4v) is 4.63. The molecule has 2 rings (SSSR count). The van der Waals surface area contributed by atoms with Gasteiger partial charge in [0, 0.05) is 0 Å². The number of hydrogen-bond acceptors (Lipinski definition) is 5. The maximum atomic E-state index is 12.7. The number of aliphatic carboxylic acids is 1. The molecule has 1 atom stereocenters. The topological polar surface area (TPSA) is 66.8 Å². The third-order valence-corrected chi connectivity index (χ3v) is 6.26. The molecule has 1 heterocycles. The van der Waals surface area contributed by atoms with Crippen molar-refractivity contribution >= 4 is 46.3 Å². The van der Waals surface area contributed by atoms with E-state index >= 15 is 0 Å². The fourth-order valence-electron chi connectivity index (χ4n) is 3.27. The molecule has 5 nitrogen and oxygen atoms in total. The van der Waals surface area contributed by atoms with Crippen molar-refractivity contribution in [2.45, 2.75) is 71.3 Å². The van der Waals surface area contributed by atoms with E-state index in [1.807, 2.05) is 31.2 Å². The molecule has 7 heteroatoms. The minimum Gasteiger partial charge on any atom is -0.494 e. The summed E-state index contributed by atoms with van der Waals surface area (Å²) in [4.78, 5) is 26.0. The average molecular weight is 450 g/mol. The van der Waals surface area contributed by atoms with Gasteiger partial charge in [-0.3, -0.25) is 9.69 Å². The SMILES string of the molecule is CCCCCCCCOc1ccc(/C=C2\SC(=S)N(C(CCC)C(=O)O)C2=O)cc1. The first-order valence-corrected chi connectivity index (χ1v) is 11.9. The van der Waals surface area contributed by atoms with Crippen LogP contribution < -0.4 is 4.74 Å². The van der Waals surface area contributed by atoms with Crippen LogP contribution >= 0.6 is 24.0 Å². The number of carbonyl (C=O) groups is 2. The molecule has 0 aromatic heterocycles. The van der Waals surface area contributed by atoms with Crippen molar-refractivity contribution in [3.05, 3.63) is 34.7 Å². The third-order valence-electron chi connectivity index (χ3n) is 4.93. The lowest BCUT2D eigenvalue weighted by molar-refractivity contribution is -0.145. The Kier molecular flexibility index (Phi) is 10.4. The molecular weight excluding hydrogens is 418 g/mol. The van der Waals surface area contributed by atoms with Crippen LogP contribution in [0.1, 0.15) is 70.8 Å². The lowest BCUT2D eigenvalue weighted by Gasteiger charge is -2.22. The summed E-state index contributed by atoms with van der Waals surface area (Å²) in [5.41, 5.74) is 0.852. The zero-order chi connectivity index (χ0) is 21.9. The third kappa shape index (κ3) is 7.13. The van der Waals surface area contributed by atoms with Crippen molar-refractivity contribution in [2.75, 3.05) is 6.61 Å². The molecule has 0 radical (unpaired) electrons. The number of nitrogens with zero attached hydrogens (tertiary/aromatic N) is 1. The Balaban J connectivity index is 1.91. The summed E-state index contributed by atoms with van der Waals surface area (Å²) in [6.45, 7) is 4.81. The standard InChI is InChI=1S/C23H31NO4S2/c1-3-5-6-7-8-9-15-28-18-13-11-17(12-14-18)16-20-21(25)24(23(29)30-20)19(10-4-2)22(26)27/h11-14,16,19H,3-10,15H2,1-2H3,(H,26,27)/b20-16-. The lowest BCUT2D eigenvalue weighted by Crippen LogP contribution is -2.43. The Morgan fingerprint density at radius 3 is 2.43 bits per heavy atom.